The van der Waals surface area contributed by atoms with Crippen LogP contribution in [0.5, 0.6) is 0 Å². The van der Waals surface area contributed by atoms with Crippen LogP contribution in [0.25, 0.3) is 0 Å². The Labute approximate surface area is 115 Å². The molecule has 0 fully saturated rings. The minimum absolute atomic E-state index is 0.150. The van der Waals surface area contributed by atoms with Crippen LogP contribution in [0, 0.1) is 5.92 Å². The molecule has 0 aliphatic rings. The van der Waals surface area contributed by atoms with Gasteiger partial charge in [-0.1, -0.05) is 19.1 Å². The molecule has 9 heteroatoms. The van der Waals surface area contributed by atoms with E-state index in [-0.39, 0.29) is 11.6 Å². The maximum Gasteiger partial charge on any atom is 0.358 e. The zero-order chi connectivity index (χ0) is 15.4. The van der Waals surface area contributed by atoms with Crippen molar-refractivity contribution < 1.29 is 19.5 Å². The zero-order valence-corrected chi connectivity index (χ0v) is 11.5. The van der Waals surface area contributed by atoms with E-state index in [0.29, 0.717) is 12.1 Å². The van der Waals surface area contributed by atoms with E-state index in [1.165, 1.54) is 11.6 Å². The summed E-state index contributed by atoms with van der Waals surface area (Å²) in [4.78, 5) is 33.5. The molecule has 0 aromatic carbocycles. The number of carbonyl (C=O) groups excluding carboxylic acids is 2. The average Bonchev–Trinajstić information content (AvgIpc) is 2.69. The highest BCUT2D eigenvalue weighted by Crippen LogP contribution is 2.16. The predicted molar refractivity (Wildman–Crippen MR) is 68.0 cm³/mol. The number of nitrogens with zero attached hydrogens (tertiary/aromatic N) is 3. The first-order valence-electron chi connectivity index (χ1n) is 6.01. The third-order valence-corrected chi connectivity index (χ3v) is 2.59. The molecule has 0 spiro atoms. The summed E-state index contributed by atoms with van der Waals surface area (Å²) >= 11 is 0. The second-order valence-electron chi connectivity index (χ2n) is 4.76. The van der Waals surface area contributed by atoms with Gasteiger partial charge in [-0.3, -0.25) is 10.1 Å². The summed E-state index contributed by atoms with van der Waals surface area (Å²) in [5, 5.41) is 18.3. The molecule has 1 atom stereocenters. The van der Waals surface area contributed by atoms with Crippen LogP contribution in [0.3, 0.4) is 0 Å². The van der Waals surface area contributed by atoms with E-state index in [1.807, 2.05) is 19.2 Å². The molecule has 110 valence electrons. The number of carboxylic acid groups (broad SMARTS) is 1. The number of carbonyl (C=O) groups is 3. The number of amides is 3. The van der Waals surface area contributed by atoms with E-state index in [9.17, 15) is 14.4 Å². The van der Waals surface area contributed by atoms with Gasteiger partial charge in [-0.05, 0) is 19.3 Å². The number of primary amides is 1. The maximum atomic E-state index is 11.7. The van der Waals surface area contributed by atoms with Crippen molar-refractivity contribution in [1.29, 1.82) is 0 Å². The predicted octanol–water partition coefficient (Wildman–Crippen LogP) is -0.0693. The summed E-state index contributed by atoms with van der Waals surface area (Å²) in [6.45, 7) is 5.27. The van der Waals surface area contributed by atoms with Gasteiger partial charge < -0.3 is 10.8 Å². The summed E-state index contributed by atoms with van der Waals surface area (Å²) < 4.78 is 1.20. The van der Waals surface area contributed by atoms with E-state index >= 15 is 0 Å². The van der Waals surface area contributed by atoms with Crippen LogP contribution in [-0.4, -0.2) is 38.0 Å². The van der Waals surface area contributed by atoms with E-state index < -0.39 is 23.9 Å². The number of nitrogens with one attached hydrogen (secondary N) is 1. The van der Waals surface area contributed by atoms with Crippen LogP contribution < -0.4 is 11.1 Å². The summed E-state index contributed by atoms with van der Waals surface area (Å²) in [7, 11) is 0. The Morgan fingerprint density at radius 2 is 1.95 bits per heavy atom. The molecule has 0 aliphatic heterocycles. The van der Waals surface area contributed by atoms with Gasteiger partial charge >= 0.3 is 12.0 Å². The van der Waals surface area contributed by atoms with Gasteiger partial charge in [0.25, 0.3) is 5.91 Å². The highest BCUT2D eigenvalue weighted by Gasteiger charge is 2.26. The third kappa shape index (κ3) is 3.53. The van der Waals surface area contributed by atoms with Crippen molar-refractivity contribution in [3.8, 4) is 0 Å². The normalized spacial score (nSPS) is 12.2. The topological polar surface area (TPSA) is 140 Å². The molecule has 1 aromatic heterocycles. The van der Waals surface area contributed by atoms with Gasteiger partial charge in [0, 0.05) is 0 Å². The number of nitrogens with two attached hydrogens (primary N) is 1. The van der Waals surface area contributed by atoms with Crippen LogP contribution in [0.1, 0.15) is 43.0 Å². The minimum Gasteiger partial charge on any atom is -0.476 e. The van der Waals surface area contributed by atoms with Crippen LogP contribution >= 0.6 is 0 Å². The summed E-state index contributed by atoms with van der Waals surface area (Å²) in [5.41, 5.74) is 5.01. The molecule has 4 N–H and O–H groups in total. The van der Waals surface area contributed by atoms with E-state index in [4.69, 9.17) is 10.8 Å². The molecule has 0 saturated carbocycles. The van der Waals surface area contributed by atoms with Crippen molar-refractivity contribution >= 4 is 17.9 Å². The number of rotatable bonds is 5. The first kappa shape index (κ1) is 15.6. The van der Waals surface area contributed by atoms with Crippen molar-refractivity contribution in [2.45, 2.75) is 33.2 Å². The quantitative estimate of drug-likeness (QED) is 0.691. The van der Waals surface area contributed by atoms with E-state index in [1.54, 1.807) is 0 Å². The molecule has 20 heavy (non-hydrogen) atoms. The Balaban J connectivity index is 3.13. The molecule has 1 aromatic rings. The van der Waals surface area contributed by atoms with Gasteiger partial charge in [0.2, 0.25) is 0 Å². The minimum atomic E-state index is -1.21. The van der Waals surface area contributed by atoms with Gasteiger partial charge in [0.15, 0.2) is 5.69 Å². The number of hydrogen-bond acceptors (Lipinski definition) is 5. The third-order valence-electron chi connectivity index (χ3n) is 2.59. The number of hydrogen-bond donors (Lipinski definition) is 3. The molecule has 3 amide bonds. The fourth-order valence-corrected chi connectivity index (χ4v) is 1.70. The average molecular weight is 283 g/mol. The Bertz CT molecular complexity index is 537. The molecule has 0 aliphatic carbocycles. The lowest BCUT2D eigenvalue weighted by atomic mass is 10.1. The fraction of sp³-hybridized carbons (Fsp3) is 0.545. The molecule has 1 rings (SSSR count). The second kappa shape index (κ2) is 6.13. The maximum absolute atomic E-state index is 11.7. The molecular formula is C11H17N5O4. The smallest absolute Gasteiger partial charge is 0.358 e. The van der Waals surface area contributed by atoms with Gasteiger partial charge in [-0.25, -0.2) is 14.3 Å². The fourth-order valence-electron chi connectivity index (χ4n) is 1.70. The number of urea groups is 1. The molecule has 1 heterocycles. The first-order valence-corrected chi connectivity index (χ1v) is 6.01. The van der Waals surface area contributed by atoms with Gasteiger partial charge in [0.05, 0.1) is 5.69 Å². The lowest BCUT2D eigenvalue weighted by Gasteiger charge is -2.14. The molecule has 0 radical (unpaired) electrons. The molecular weight excluding hydrogens is 266 g/mol. The highest BCUT2D eigenvalue weighted by atomic mass is 16.4. The van der Waals surface area contributed by atoms with Gasteiger partial charge in [-0.15, -0.1) is 5.10 Å². The van der Waals surface area contributed by atoms with Crippen molar-refractivity contribution in [2.75, 3.05) is 0 Å². The Morgan fingerprint density at radius 1 is 1.35 bits per heavy atom. The van der Waals surface area contributed by atoms with Crippen LogP contribution in [-0.2, 0) is 11.2 Å². The first-order chi connectivity index (χ1) is 9.23. The van der Waals surface area contributed by atoms with Crippen LogP contribution in [0.15, 0.2) is 0 Å². The standard InChI is InChI=1S/C11H17N5O4/c1-5(2)4-7-8(10(18)19)14-15-16(7)6(3)9(17)13-11(12)20/h5-6H,4H2,1-3H3,(H,18,19)(H3,12,13,17,20). The monoisotopic (exact) mass is 283 g/mol. The van der Waals surface area contributed by atoms with Crippen molar-refractivity contribution in [3.05, 3.63) is 11.4 Å². The Kier molecular flexibility index (Phi) is 4.78. The van der Waals surface area contributed by atoms with Crippen molar-refractivity contribution in [3.63, 3.8) is 0 Å². The number of imide groups is 1. The molecule has 9 nitrogen and oxygen atoms in total. The Hall–Kier alpha value is -2.45. The van der Waals surface area contributed by atoms with E-state index in [0.717, 1.165) is 0 Å². The molecule has 1 unspecified atom stereocenters. The highest BCUT2D eigenvalue weighted by molar-refractivity contribution is 5.95. The summed E-state index contributed by atoms with van der Waals surface area (Å²) in [5.74, 6) is -1.74. The lowest BCUT2D eigenvalue weighted by Crippen LogP contribution is -2.39. The second-order valence-corrected chi connectivity index (χ2v) is 4.76. The lowest BCUT2D eigenvalue weighted by molar-refractivity contribution is -0.123. The van der Waals surface area contributed by atoms with Crippen LogP contribution in [0.4, 0.5) is 4.79 Å². The van der Waals surface area contributed by atoms with Gasteiger partial charge in [-0.2, -0.15) is 0 Å². The number of aromatic carboxylic acids is 1. The Morgan fingerprint density at radius 3 is 2.40 bits per heavy atom. The summed E-state index contributed by atoms with van der Waals surface area (Å²) in [6, 6.07) is -1.87. The number of carboxylic acids is 1. The van der Waals surface area contributed by atoms with Gasteiger partial charge in [0.1, 0.15) is 6.04 Å². The van der Waals surface area contributed by atoms with Crippen LogP contribution in [0.2, 0.25) is 0 Å². The summed E-state index contributed by atoms with van der Waals surface area (Å²) in [6.07, 6.45) is 0.392. The molecule has 0 saturated heterocycles. The largest absolute Gasteiger partial charge is 0.476 e. The zero-order valence-electron chi connectivity index (χ0n) is 11.5. The molecule has 0 bridgehead atoms. The number of aromatic nitrogens is 3. The van der Waals surface area contributed by atoms with Crippen molar-refractivity contribution in [2.24, 2.45) is 11.7 Å². The SMILES string of the molecule is CC(C)Cc1c(C(=O)O)nnn1C(C)C(=O)NC(N)=O. The van der Waals surface area contributed by atoms with Crippen molar-refractivity contribution in [1.82, 2.24) is 20.3 Å². The van der Waals surface area contributed by atoms with E-state index in [2.05, 4.69) is 10.3 Å².